The summed E-state index contributed by atoms with van der Waals surface area (Å²) in [5, 5.41) is 4.32. The fourth-order valence-corrected chi connectivity index (χ4v) is 3.71. The van der Waals surface area contributed by atoms with Crippen molar-refractivity contribution in [3.05, 3.63) is 72.3 Å². The van der Waals surface area contributed by atoms with Gasteiger partial charge in [-0.2, -0.15) is 5.10 Å². The average molecular weight is 360 g/mol. The minimum Gasteiger partial charge on any atom is -0.330 e. The van der Waals surface area contributed by atoms with E-state index < -0.39 is 0 Å². The molecule has 27 heavy (non-hydrogen) atoms. The summed E-state index contributed by atoms with van der Waals surface area (Å²) in [6.07, 6.45) is 8.84. The quantitative estimate of drug-likeness (QED) is 0.696. The van der Waals surface area contributed by atoms with Gasteiger partial charge in [-0.25, -0.2) is 0 Å². The van der Waals surface area contributed by atoms with Crippen LogP contribution in [-0.2, 0) is 6.54 Å². The van der Waals surface area contributed by atoms with E-state index in [0.717, 1.165) is 54.7 Å². The third-order valence-electron chi connectivity index (χ3n) is 5.22. The van der Waals surface area contributed by atoms with Crippen LogP contribution in [0, 0.1) is 0 Å². The van der Waals surface area contributed by atoms with Gasteiger partial charge in [-0.1, -0.05) is 18.2 Å². The molecule has 1 fully saturated rings. The molecule has 0 N–H and O–H groups in total. The standard InChI is InChI=1S/C22H24N4O/c1-2-25-16-19(15-24-25)17-9-11-18(12-10-17)22(27)26-14-6-4-8-21(26)20-7-3-5-13-23-20/h3,5,7,9-13,15-16,21H,2,4,6,8,14H2,1H3/t21-/m1/s1. The highest BCUT2D eigenvalue weighted by atomic mass is 16.2. The topological polar surface area (TPSA) is 51.0 Å². The van der Waals surface area contributed by atoms with Crippen molar-refractivity contribution in [3.8, 4) is 11.1 Å². The summed E-state index contributed by atoms with van der Waals surface area (Å²) < 4.78 is 1.90. The predicted octanol–water partition coefficient (Wildman–Crippen LogP) is 4.33. The third kappa shape index (κ3) is 3.63. The summed E-state index contributed by atoms with van der Waals surface area (Å²) in [7, 11) is 0. The molecule has 1 amide bonds. The number of carbonyl (C=O) groups is 1. The van der Waals surface area contributed by atoms with Crippen LogP contribution in [0.1, 0.15) is 48.3 Å². The summed E-state index contributed by atoms with van der Waals surface area (Å²) in [6, 6.07) is 13.8. The number of likely N-dealkylation sites (tertiary alicyclic amines) is 1. The number of piperidine rings is 1. The normalized spacial score (nSPS) is 17.1. The molecule has 3 heterocycles. The van der Waals surface area contributed by atoms with Gasteiger partial charge in [-0.3, -0.25) is 14.5 Å². The molecule has 5 heteroatoms. The molecule has 4 rings (SSSR count). The Morgan fingerprint density at radius 1 is 1.11 bits per heavy atom. The van der Waals surface area contributed by atoms with Crippen molar-refractivity contribution in [3.63, 3.8) is 0 Å². The largest absolute Gasteiger partial charge is 0.330 e. The van der Waals surface area contributed by atoms with E-state index in [1.807, 2.05) is 64.4 Å². The van der Waals surface area contributed by atoms with Gasteiger partial charge in [0.2, 0.25) is 0 Å². The van der Waals surface area contributed by atoms with Crippen molar-refractivity contribution < 1.29 is 4.79 Å². The number of benzene rings is 1. The zero-order chi connectivity index (χ0) is 18.6. The van der Waals surface area contributed by atoms with Gasteiger partial charge >= 0.3 is 0 Å². The monoisotopic (exact) mass is 360 g/mol. The second-order valence-electron chi connectivity index (χ2n) is 6.93. The predicted molar refractivity (Wildman–Crippen MR) is 105 cm³/mol. The molecule has 1 aliphatic rings. The van der Waals surface area contributed by atoms with Crippen LogP contribution < -0.4 is 0 Å². The Hall–Kier alpha value is -2.95. The first-order chi connectivity index (χ1) is 13.3. The molecule has 0 radical (unpaired) electrons. The molecule has 1 saturated heterocycles. The fourth-order valence-electron chi connectivity index (χ4n) is 3.71. The number of pyridine rings is 1. The van der Waals surface area contributed by atoms with E-state index in [0.29, 0.717) is 0 Å². The lowest BCUT2D eigenvalue weighted by Crippen LogP contribution is -2.38. The maximum atomic E-state index is 13.2. The first-order valence-corrected chi connectivity index (χ1v) is 9.61. The van der Waals surface area contributed by atoms with Crippen molar-refractivity contribution in [1.29, 1.82) is 0 Å². The van der Waals surface area contributed by atoms with Crippen LogP contribution in [-0.4, -0.2) is 32.1 Å². The number of aromatic nitrogens is 3. The molecular weight excluding hydrogens is 336 g/mol. The first-order valence-electron chi connectivity index (χ1n) is 9.61. The third-order valence-corrected chi connectivity index (χ3v) is 5.22. The molecule has 3 aromatic rings. The molecule has 0 saturated carbocycles. The Bertz CT molecular complexity index is 902. The Labute approximate surface area is 159 Å². The van der Waals surface area contributed by atoms with Gasteiger partial charge in [0, 0.05) is 36.6 Å². The number of amides is 1. The second kappa shape index (κ2) is 7.74. The Kier molecular flexibility index (Phi) is 5.01. The maximum absolute atomic E-state index is 13.2. The summed E-state index contributed by atoms with van der Waals surface area (Å²) in [6.45, 7) is 3.70. The zero-order valence-corrected chi connectivity index (χ0v) is 15.6. The Morgan fingerprint density at radius 3 is 2.67 bits per heavy atom. The van der Waals surface area contributed by atoms with Crippen molar-refractivity contribution in [2.45, 2.75) is 38.8 Å². The van der Waals surface area contributed by atoms with E-state index in [1.165, 1.54) is 0 Å². The second-order valence-corrected chi connectivity index (χ2v) is 6.93. The van der Waals surface area contributed by atoms with E-state index in [1.54, 1.807) is 6.20 Å². The number of hydrogen-bond donors (Lipinski definition) is 0. The molecule has 1 aromatic carbocycles. The average Bonchev–Trinajstić information content (AvgIpc) is 3.23. The summed E-state index contributed by atoms with van der Waals surface area (Å²) in [5.74, 6) is 0.0844. The van der Waals surface area contributed by atoms with Crippen LogP contribution in [0.5, 0.6) is 0 Å². The number of aryl methyl sites for hydroxylation is 1. The van der Waals surface area contributed by atoms with Crippen molar-refractivity contribution in [2.24, 2.45) is 0 Å². The molecule has 138 valence electrons. The molecule has 0 spiro atoms. The number of rotatable bonds is 4. The van der Waals surface area contributed by atoms with Crippen LogP contribution in [0.4, 0.5) is 0 Å². The summed E-state index contributed by atoms with van der Waals surface area (Å²) in [4.78, 5) is 19.6. The van der Waals surface area contributed by atoms with Gasteiger partial charge in [-0.15, -0.1) is 0 Å². The van der Waals surface area contributed by atoms with E-state index in [-0.39, 0.29) is 11.9 Å². The number of hydrogen-bond acceptors (Lipinski definition) is 3. The molecule has 0 unspecified atom stereocenters. The Balaban J connectivity index is 1.56. The summed E-state index contributed by atoms with van der Waals surface area (Å²) in [5.41, 5.74) is 3.85. The molecule has 0 aliphatic carbocycles. The van der Waals surface area contributed by atoms with E-state index in [2.05, 4.69) is 17.0 Å². The summed E-state index contributed by atoms with van der Waals surface area (Å²) >= 11 is 0. The SMILES string of the molecule is CCn1cc(-c2ccc(C(=O)N3CCCC[C@@H]3c3ccccn3)cc2)cn1. The molecule has 0 bridgehead atoms. The lowest BCUT2D eigenvalue weighted by atomic mass is 9.97. The van der Waals surface area contributed by atoms with Gasteiger partial charge in [0.05, 0.1) is 17.9 Å². The zero-order valence-electron chi connectivity index (χ0n) is 15.6. The van der Waals surface area contributed by atoms with Crippen LogP contribution in [0.25, 0.3) is 11.1 Å². The van der Waals surface area contributed by atoms with Crippen molar-refractivity contribution in [2.75, 3.05) is 6.54 Å². The minimum atomic E-state index is 0.0647. The molecule has 2 aromatic heterocycles. The van der Waals surface area contributed by atoms with Gasteiger partial charge in [0.1, 0.15) is 0 Å². The highest BCUT2D eigenvalue weighted by Crippen LogP contribution is 2.31. The minimum absolute atomic E-state index is 0.0647. The smallest absolute Gasteiger partial charge is 0.254 e. The highest BCUT2D eigenvalue weighted by Gasteiger charge is 2.29. The van der Waals surface area contributed by atoms with Crippen LogP contribution in [0.15, 0.2) is 61.1 Å². The first kappa shape index (κ1) is 17.5. The van der Waals surface area contributed by atoms with Gasteiger partial charge in [-0.05, 0) is 56.0 Å². The number of nitrogens with zero attached hydrogens (tertiary/aromatic N) is 4. The van der Waals surface area contributed by atoms with Gasteiger partial charge < -0.3 is 4.90 Å². The molecular formula is C22H24N4O. The molecule has 1 aliphatic heterocycles. The van der Waals surface area contributed by atoms with Crippen LogP contribution in [0.3, 0.4) is 0 Å². The van der Waals surface area contributed by atoms with E-state index in [9.17, 15) is 4.79 Å². The van der Waals surface area contributed by atoms with E-state index >= 15 is 0 Å². The van der Waals surface area contributed by atoms with Crippen LogP contribution in [0.2, 0.25) is 0 Å². The van der Waals surface area contributed by atoms with Crippen LogP contribution >= 0.6 is 0 Å². The maximum Gasteiger partial charge on any atom is 0.254 e. The molecule has 1 atom stereocenters. The highest BCUT2D eigenvalue weighted by molar-refractivity contribution is 5.95. The fraction of sp³-hybridized carbons (Fsp3) is 0.318. The van der Waals surface area contributed by atoms with Crippen molar-refractivity contribution >= 4 is 5.91 Å². The van der Waals surface area contributed by atoms with E-state index in [4.69, 9.17) is 0 Å². The lowest BCUT2D eigenvalue weighted by molar-refractivity contribution is 0.0606. The lowest BCUT2D eigenvalue weighted by Gasteiger charge is -2.35. The van der Waals surface area contributed by atoms with Gasteiger partial charge in [0.15, 0.2) is 0 Å². The molecule has 5 nitrogen and oxygen atoms in total. The van der Waals surface area contributed by atoms with Gasteiger partial charge in [0.25, 0.3) is 5.91 Å². The van der Waals surface area contributed by atoms with Crippen molar-refractivity contribution in [1.82, 2.24) is 19.7 Å². The number of carbonyl (C=O) groups excluding carboxylic acids is 1. The Morgan fingerprint density at radius 2 is 1.96 bits per heavy atom.